The zero-order valence-corrected chi connectivity index (χ0v) is 18.2. The molecule has 0 unspecified atom stereocenters. The fourth-order valence-corrected chi connectivity index (χ4v) is 3.27. The molecule has 0 saturated carbocycles. The van der Waals surface area contributed by atoms with E-state index in [9.17, 15) is 4.79 Å². The number of benzene rings is 2. The number of rotatable bonds is 8. The largest absolute Gasteiger partial charge is 0.494 e. The maximum atomic E-state index is 12.8. The predicted octanol–water partition coefficient (Wildman–Crippen LogP) is 4.45. The Morgan fingerprint density at radius 2 is 1.78 bits per heavy atom. The third-order valence-corrected chi connectivity index (χ3v) is 4.85. The van der Waals surface area contributed by atoms with Crippen molar-refractivity contribution in [2.75, 3.05) is 26.1 Å². The average Bonchev–Trinajstić information content (AvgIpc) is 3.28. The van der Waals surface area contributed by atoms with Crippen LogP contribution in [0.5, 0.6) is 17.2 Å². The molecule has 0 spiro atoms. The van der Waals surface area contributed by atoms with E-state index in [1.165, 1.54) is 0 Å². The highest BCUT2D eigenvalue weighted by Crippen LogP contribution is 2.32. The number of amides is 1. The molecule has 32 heavy (non-hydrogen) atoms. The van der Waals surface area contributed by atoms with Gasteiger partial charge in [-0.1, -0.05) is 6.92 Å². The lowest BCUT2D eigenvalue weighted by molar-refractivity contribution is 0.102. The molecule has 4 rings (SSSR count). The standard InChI is InChI=1S/C24H24N4O4/c1-4-13-32-18-8-6-17(7-9-18)26-24(29)19-15-23-25-12-11-20(28(23)27-19)16-5-10-21(30-2)22(14-16)31-3/h5-12,14-15H,4,13H2,1-3H3,(H,26,29). The van der Waals surface area contributed by atoms with Crippen LogP contribution in [0.4, 0.5) is 5.69 Å². The van der Waals surface area contributed by atoms with Gasteiger partial charge in [0.2, 0.25) is 0 Å². The molecule has 4 aromatic rings. The van der Waals surface area contributed by atoms with Crippen molar-refractivity contribution in [1.82, 2.24) is 14.6 Å². The smallest absolute Gasteiger partial charge is 0.276 e. The highest BCUT2D eigenvalue weighted by atomic mass is 16.5. The Hall–Kier alpha value is -4.07. The maximum absolute atomic E-state index is 12.8. The Morgan fingerprint density at radius 3 is 2.50 bits per heavy atom. The fraction of sp³-hybridized carbons (Fsp3) is 0.208. The highest BCUT2D eigenvalue weighted by Gasteiger charge is 2.15. The minimum Gasteiger partial charge on any atom is -0.494 e. The monoisotopic (exact) mass is 432 g/mol. The third-order valence-electron chi connectivity index (χ3n) is 4.85. The second-order valence-corrected chi connectivity index (χ2v) is 7.03. The number of aromatic nitrogens is 3. The van der Waals surface area contributed by atoms with Crippen molar-refractivity contribution in [2.45, 2.75) is 13.3 Å². The second kappa shape index (κ2) is 9.38. The van der Waals surface area contributed by atoms with Crippen LogP contribution in [0, 0.1) is 0 Å². The van der Waals surface area contributed by atoms with Crippen LogP contribution in [-0.4, -0.2) is 41.3 Å². The Bertz CT molecular complexity index is 1230. The van der Waals surface area contributed by atoms with Gasteiger partial charge in [0, 0.05) is 23.5 Å². The van der Waals surface area contributed by atoms with Gasteiger partial charge < -0.3 is 19.5 Å². The number of anilines is 1. The Balaban J connectivity index is 1.60. The van der Waals surface area contributed by atoms with Crippen molar-refractivity contribution in [2.24, 2.45) is 0 Å². The first kappa shape index (κ1) is 21.2. The van der Waals surface area contributed by atoms with E-state index >= 15 is 0 Å². The van der Waals surface area contributed by atoms with E-state index in [-0.39, 0.29) is 11.6 Å². The van der Waals surface area contributed by atoms with Gasteiger partial charge in [0.05, 0.1) is 26.5 Å². The first-order chi connectivity index (χ1) is 15.6. The van der Waals surface area contributed by atoms with Gasteiger partial charge in [-0.25, -0.2) is 9.50 Å². The molecule has 1 N–H and O–H groups in total. The molecule has 0 bridgehead atoms. The van der Waals surface area contributed by atoms with E-state index in [4.69, 9.17) is 14.2 Å². The molecule has 0 aliphatic heterocycles. The zero-order valence-electron chi connectivity index (χ0n) is 18.2. The summed E-state index contributed by atoms with van der Waals surface area (Å²) in [4.78, 5) is 17.1. The molecule has 2 aromatic carbocycles. The fourth-order valence-electron chi connectivity index (χ4n) is 3.27. The summed E-state index contributed by atoms with van der Waals surface area (Å²) in [5.41, 5.74) is 3.10. The number of methoxy groups -OCH3 is 2. The maximum Gasteiger partial charge on any atom is 0.276 e. The van der Waals surface area contributed by atoms with Crippen molar-refractivity contribution < 1.29 is 19.0 Å². The normalized spacial score (nSPS) is 10.7. The molecule has 1 amide bonds. The number of ether oxygens (including phenoxy) is 3. The van der Waals surface area contributed by atoms with E-state index in [1.54, 1.807) is 43.1 Å². The van der Waals surface area contributed by atoms with Crippen molar-refractivity contribution in [3.05, 3.63) is 66.5 Å². The summed E-state index contributed by atoms with van der Waals surface area (Å²) >= 11 is 0. The molecule has 0 fully saturated rings. The van der Waals surface area contributed by atoms with Gasteiger partial charge in [0.1, 0.15) is 5.75 Å². The van der Waals surface area contributed by atoms with E-state index in [2.05, 4.69) is 22.3 Å². The lowest BCUT2D eigenvalue weighted by Crippen LogP contribution is -2.12. The number of nitrogens with zero attached hydrogens (tertiary/aromatic N) is 3. The van der Waals surface area contributed by atoms with Crippen LogP contribution < -0.4 is 19.5 Å². The number of fused-ring (bicyclic) bond motifs is 1. The third kappa shape index (κ3) is 4.34. The van der Waals surface area contributed by atoms with Gasteiger partial charge in [-0.2, -0.15) is 5.10 Å². The summed E-state index contributed by atoms with van der Waals surface area (Å²) in [6, 6.07) is 16.3. The van der Waals surface area contributed by atoms with Crippen LogP contribution in [0.3, 0.4) is 0 Å². The minimum atomic E-state index is -0.323. The van der Waals surface area contributed by atoms with Crippen molar-refractivity contribution in [1.29, 1.82) is 0 Å². The average molecular weight is 432 g/mol. The van der Waals surface area contributed by atoms with Crippen LogP contribution in [-0.2, 0) is 0 Å². The van der Waals surface area contributed by atoms with E-state index in [0.717, 1.165) is 23.4 Å². The summed E-state index contributed by atoms with van der Waals surface area (Å²) in [6.45, 7) is 2.71. The lowest BCUT2D eigenvalue weighted by atomic mass is 10.1. The molecule has 0 aliphatic rings. The Kier molecular flexibility index (Phi) is 6.21. The quantitative estimate of drug-likeness (QED) is 0.443. The molecule has 164 valence electrons. The minimum absolute atomic E-state index is 0.261. The number of hydrogen-bond acceptors (Lipinski definition) is 6. The molecule has 2 aromatic heterocycles. The molecular formula is C24H24N4O4. The molecule has 0 radical (unpaired) electrons. The van der Waals surface area contributed by atoms with E-state index in [1.807, 2.05) is 36.4 Å². The zero-order chi connectivity index (χ0) is 22.5. The molecule has 0 aliphatic carbocycles. The second-order valence-electron chi connectivity index (χ2n) is 7.03. The Labute approximate surface area is 185 Å². The first-order valence-electron chi connectivity index (χ1n) is 10.2. The number of nitrogens with one attached hydrogen (secondary N) is 1. The molecule has 8 heteroatoms. The first-order valence-corrected chi connectivity index (χ1v) is 10.2. The topological polar surface area (TPSA) is 87.0 Å². The van der Waals surface area contributed by atoms with Gasteiger partial charge in [-0.3, -0.25) is 4.79 Å². The number of carbonyl (C=O) groups excluding carboxylic acids is 1. The predicted molar refractivity (Wildman–Crippen MR) is 122 cm³/mol. The Morgan fingerprint density at radius 1 is 1.00 bits per heavy atom. The van der Waals surface area contributed by atoms with Gasteiger partial charge in [-0.15, -0.1) is 0 Å². The summed E-state index contributed by atoms with van der Waals surface area (Å²) in [5.74, 6) is 1.68. The van der Waals surface area contributed by atoms with E-state index in [0.29, 0.717) is 29.4 Å². The molecule has 8 nitrogen and oxygen atoms in total. The highest BCUT2D eigenvalue weighted by molar-refractivity contribution is 6.03. The summed E-state index contributed by atoms with van der Waals surface area (Å²) in [6.07, 6.45) is 2.62. The van der Waals surface area contributed by atoms with Gasteiger partial charge in [0.15, 0.2) is 22.8 Å². The number of hydrogen-bond donors (Lipinski definition) is 1. The van der Waals surface area contributed by atoms with Crippen molar-refractivity contribution >= 4 is 17.2 Å². The van der Waals surface area contributed by atoms with E-state index < -0.39 is 0 Å². The van der Waals surface area contributed by atoms with Gasteiger partial charge >= 0.3 is 0 Å². The SMILES string of the molecule is CCCOc1ccc(NC(=O)c2cc3nccc(-c4ccc(OC)c(OC)c4)n3n2)cc1. The van der Waals surface area contributed by atoms with Crippen LogP contribution >= 0.6 is 0 Å². The molecule has 2 heterocycles. The molecule has 0 atom stereocenters. The number of carbonyl (C=O) groups is 1. The van der Waals surface area contributed by atoms with Gasteiger partial charge in [0.25, 0.3) is 5.91 Å². The summed E-state index contributed by atoms with van der Waals surface area (Å²) in [5, 5.41) is 7.35. The van der Waals surface area contributed by atoms with Crippen molar-refractivity contribution in [3.63, 3.8) is 0 Å². The van der Waals surface area contributed by atoms with Crippen LogP contribution in [0.15, 0.2) is 60.8 Å². The van der Waals surface area contributed by atoms with Crippen molar-refractivity contribution in [3.8, 4) is 28.5 Å². The van der Waals surface area contributed by atoms with Crippen LogP contribution in [0.25, 0.3) is 16.9 Å². The molecule has 0 saturated heterocycles. The lowest BCUT2D eigenvalue weighted by Gasteiger charge is -2.10. The summed E-state index contributed by atoms with van der Waals surface area (Å²) < 4.78 is 17.9. The summed E-state index contributed by atoms with van der Waals surface area (Å²) in [7, 11) is 3.18. The van der Waals surface area contributed by atoms with Crippen LogP contribution in [0.1, 0.15) is 23.8 Å². The van der Waals surface area contributed by atoms with Gasteiger partial charge in [-0.05, 0) is 55.0 Å². The molecular weight excluding hydrogens is 408 g/mol. The van der Waals surface area contributed by atoms with Crippen LogP contribution in [0.2, 0.25) is 0 Å².